The first-order valence-corrected chi connectivity index (χ1v) is 8.13. The van der Waals surface area contributed by atoms with Gasteiger partial charge in [-0.3, -0.25) is 4.90 Å². The Balaban J connectivity index is 2.16. The largest absolute Gasteiger partial charge is 0.395 e. The van der Waals surface area contributed by atoms with E-state index in [2.05, 4.69) is 10.2 Å². The molecule has 0 unspecified atom stereocenters. The maximum Gasteiger partial charge on any atom is 0.245 e. The van der Waals surface area contributed by atoms with Crippen LogP contribution in [0, 0.1) is 0 Å². The third kappa shape index (κ3) is 3.12. The van der Waals surface area contributed by atoms with Gasteiger partial charge in [0.15, 0.2) is 0 Å². The van der Waals surface area contributed by atoms with Crippen molar-refractivity contribution in [1.29, 1.82) is 0 Å². The maximum absolute atomic E-state index is 12.6. The molecule has 6 nitrogen and oxygen atoms in total. The van der Waals surface area contributed by atoms with Crippen LogP contribution in [0.25, 0.3) is 0 Å². The second kappa shape index (κ2) is 6.53. The number of β-amino-alcohol motifs (C(OH)–C–C–N with tert-alkyl or cyclic N) is 1. The molecule has 2 rings (SSSR count). The van der Waals surface area contributed by atoms with Crippen LogP contribution in [0.3, 0.4) is 0 Å². The molecule has 20 heavy (non-hydrogen) atoms. The van der Waals surface area contributed by atoms with E-state index in [1.807, 2.05) is 6.07 Å². The molecule has 1 aromatic rings. The van der Waals surface area contributed by atoms with Crippen LogP contribution in [0.15, 0.2) is 29.2 Å². The van der Waals surface area contributed by atoms with E-state index in [4.69, 9.17) is 5.11 Å². The molecule has 0 spiro atoms. The lowest BCUT2D eigenvalue weighted by Crippen LogP contribution is -2.49. The minimum atomic E-state index is -3.46. The van der Waals surface area contributed by atoms with Crippen molar-refractivity contribution in [3.8, 4) is 0 Å². The molecule has 7 heteroatoms. The summed E-state index contributed by atoms with van der Waals surface area (Å²) in [6.07, 6.45) is 0. The fourth-order valence-corrected chi connectivity index (χ4v) is 3.99. The molecule has 1 saturated heterocycles. The molecule has 1 heterocycles. The Morgan fingerprint density at radius 2 is 1.85 bits per heavy atom. The summed E-state index contributed by atoms with van der Waals surface area (Å²) in [6.45, 7) is 2.93. The molecular weight excluding hydrogens is 278 g/mol. The Bertz CT molecular complexity index is 540. The number of piperazine rings is 1. The van der Waals surface area contributed by atoms with E-state index in [-0.39, 0.29) is 6.61 Å². The number of nitrogens with zero attached hydrogens (tertiary/aromatic N) is 2. The third-order valence-electron chi connectivity index (χ3n) is 3.52. The van der Waals surface area contributed by atoms with Gasteiger partial charge in [-0.1, -0.05) is 12.1 Å². The molecule has 0 aliphatic carbocycles. The van der Waals surface area contributed by atoms with Gasteiger partial charge in [0.1, 0.15) is 4.90 Å². The van der Waals surface area contributed by atoms with Crippen molar-refractivity contribution in [3.05, 3.63) is 24.3 Å². The highest BCUT2D eigenvalue weighted by Crippen LogP contribution is 2.24. The molecule has 0 aromatic heterocycles. The molecule has 1 fully saturated rings. The van der Waals surface area contributed by atoms with Crippen molar-refractivity contribution in [2.75, 3.05) is 51.7 Å². The molecule has 2 N–H and O–H groups in total. The van der Waals surface area contributed by atoms with E-state index >= 15 is 0 Å². The van der Waals surface area contributed by atoms with Crippen LogP contribution in [0.2, 0.25) is 0 Å². The Hall–Kier alpha value is -1.15. The lowest BCUT2D eigenvalue weighted by atomic mass is 10.3. The molecule has 1 aliphatic heterocycles. The smallest absolute Gasteiger partial charge is 0.245 e. The number of para-hydroxylation sites is 1. The number of sulfonamides is 1. The van der Waals surface area contributed by atoms with Gasteiger partial charge in [0, 0.05) is 39.8 Å². The van der Waals surface area contributed by atoms with Crippen LogP contribution < -0.4 is 5.32 Å². The first-order chi connectivity index (χ1) is 9.59. The van der Waals surface area contributed by atoms with Crippen LogP contribution in [0.1, 0.15) is 0 Å². The van der Waals surface area contributed by atoms with Gasteiger partial charge in [-0.05, 0) is 12.1 Å². The van der Waals surface area contributed by atoms with Crippen LogP contribution in [-0.4, -0.2) is 69.1 Å². The minimum Gasteiger partial charge on any atom is -0.395 e. The fraction of sp³-hybridized carbons (Fsp3) is 0.538. The zero-order chi connectivity index (χ0) is 14.6. The summed E-state index contributed by atoms with van der Waals surface area (Å²) < 4.78 is 26.8. The zero-order valence-corrected chi connectivity index (χ0v) is 12.4. The summed E-state index contributed by atoms with van der Waals surface area (Å²) in [6, 6.07) is 6.93. The summed E-state index contributed by atoms with van der Waals surface area (Å²) in [5.74, 6) is 0. The van der Waals surface area contributed by atoms with Gasteiger partial charge < -0.3 is 10.4 Å². The molecule has 0 amide bonds. The van der Waals surface area contributed by atoms with E-state index in [9.17, 15) is 8.42 Å². The first kappa shape index (κ1) is 15.2. The monoisotopic (exact) mass is 299 g/mol. The predicted octanol–water partition coefficient (Wildman–Crippen LogP) is 0.0269. The first-order valence-electron chi connectivity index (χ1n) is 6.69. The number of benzene rings is 1. The van der Waals surface area contributed by atoms with Crippen molar-refractivity contribution < 1.29 is 13.5 Å². The number of aliphatic hydroxyl groups excluding tert-OH is 1. The lowest BCUT2D eigenvalue weighted by Gasteiger charge is -2.33. The number of anilines is 1. The molecule has 0 saturated carbocycles. The maximum atomic E-state index is 12.6. The summed E-state index contributed by atoms with van der Waals surface area (Å²) in [7, 11) is -1.75. The van der Waals surface area contributed by atoms with Crippen molar-refractivity contribution in [3.63, 3.8) is 0 Å². The van der Waals surface area contributed by atoms with E-state index in [0.29, 0.717) is 43.3 Å². The molecule has 0 radical (unpaired) electrons. The van der Waals surface area contributed by atoms with Gasteiger partial charge in [-0.15, -0.1) is 0 Å². The standard InChI is InChI=1S/C13H21N3O3S/c1-14-12-4-2-3-5-13(12)20(18,19)16-8-6-15(7-9-16)10-11-17/h2-5,14,17H,6-11H2,1H3. The highest BCUT2D eigenvalue weighted by Gasteiger charge is 2.29. The van der Waals surface area contributed by atoms with Crippen molar-refractivity contribution in [1.82, 2.24) is 9.21 Å². The van der Waals surface area contributed by atoms with E-state index < -0.39 is 10.0 Å². The highest BCUT2D eigenvalue weighted by atomic mass is 32.2. The molecule has 112 valence electrons. The predicted molar refractivity (Wildman–Crippen MR) is 78.3 cm³/mol. The molecule has 1 aromatic carbocycles. The number of nitrogens with one attached hydrogen (secondary N) is 1. The molecular formula is C13H21N3O3S. The summed E-state index contributed by atoms with van der Waals surface area (Å²) in [5, 5.41) is 11.8. The third-order valence-corrected chi connectivity index (χ3v) is 5.48. The van der Waals surface area contributed by atoms with Gasteiger partial charge in [-0.25, -0.2) is 8.42 Å². The number of hydrogen-bond donors (Lipinski definition) is 2. The highest BCUT2D eigenvalue weighted by molar-refractivity contribution is 7.89. The summed E-state index contributed by atoms with van der Waals surface area (Å²) in [4.78, 5) is 2.38. The van der Waals surface area contributed by atoms with Gasteiger partial charge in [-0.2, -0.15) is 4.31 Å². The number of hydrogen-bond acceptors (Lipinski definition) is 5. The van der Waals surface area contributed by atoms with Crippen molar-refractivity contribution >= 4 is 15.7 Å². The van der Waals surface area contributed by atoms with Gasteiger partial charge in [0.25, 0.3) is 0 Å². The van der Waals surface area contributed by atoms with Gasteiger partial charge in [0.2, 0.25) is 10.0 Å². The van der Waals surface area contributed by atoms with Crippen LogP contribution in [0.5, 0.6) is 0 Å². The van der Waals surface area contributed by atoms with Crippen LogP contribution in [-0.2, 0) is 10.0 Å². The Morgan fingerprint density at radius 3 is 2.45 bits per heavy atom. The van der Waals surface area contributed by atoms with Gasteiger partial charge in [0.05, 0.1) is 12.3 Å². The van der Waals surface area contributed by atoms with E-state index in [1.165, 1.54) is 4.31 Å². The topological polar surface area (TPSA) is 72.9 Å². The Labute approximate surface area is 120 Å². The van der Waals surface area contributed by atoms with Crippen molar-refractivity contribution in [2.24, 2.45) is 0 Å². The van der Waals surface area contributed by atoms with E-state index in [1.54, 1.807) is 25.2 Å². The van der Waals surface area contributed by atoms with Crippen LogP contribution in [0.4, 0.5) is 5.69 Å². The van der Waals surface area contributed by atoms with Crippen LogP contribution >= 0.6 is 0 Å². The Morgan fingerprint density at radius 1 is 1.20 bits per heavy atom. The summed E-state index contributed by atoms with van der Waals surface area (Å²) in [5.41, 5.74) is 0.616. The molecule has 1 aliphatic rings. The minimum absolute atomic E-state index is 0.106. The quantitative estimate of drug-likeness (QED) is 0.802. The van der Waals surface area contributed by atoms with E-state index in [0.717, 1.165) is 0 Å². The molecule has 0 atom stereocenters. The van der Waals surface area contributed by atoms with Gasteiger partial charge >= 0.3 is 0 Å². The van der Waals surface area contributed by atoms with Crippen molar-refractivity contribution in [2.45, 2.75) is 4.90 Å². The fourth-order valence-electron chi connectivity index (χ4n) is 2.37. The average molecular weight is 299 g/mol. The zero-order valence-electron chi connectivity index (χ0n) is 11.6. The second-order valence-electron chi connectivity index (χ2n) is 4.72. The summed E-state index contributed by atoms with van der Waals surface area (Å²) >= 11 is 0. The SMILES string of the molecule is CNc1ccccc1S(=O)(=O)N1CCN(CCO)CC1. The molecule has 0 bridgehead atoms. The Kier molecular flexibility index (Phi) is 4.98. The lowest BCUT2D eigenvalue weighted by molar-refractivity contribution is 0.151. The second-order valence-corrected chi connectivity index (χ2v) is 6.62. The average Bonchev–Trinajstić information content (AvgIpc) is 2.48. The normalized spacial score (nSPS) is 18.1. The number of aliphatic hydroxyl groups is 1. The number of rotatable bonds is 5.